The van der Waals surface area contributed by atoms with Gasteiger partial charge in [0.1, 0.15) is 6.33 Å². The molecular weight excluding hydrogens is 390 g/mol. The van der Waals surface area contributed by atoms with E-state index in [0.717, 1.165) is 57.3 Å². The lowest BCUT2D eigenvalue weighted by Crippen LogP contribution is -2.44. The van der Waals surface area contributed by atoms with Crippen molar-refractivity contribution in [3.05, 3.63) is 60.2 Å². The molecule has 1 aliphatic heterocycles. The Morgan fingerprint density at radius 3 is 2.65 bits per heavy atom. The average Bonchev–Trinajstić information content (AvgIpc) is 3.38. The van der Waals surface area contributed by atoms with Gasteiger partial charge in [-0.1, -0.05) is 43.2 Å². The van der Waals surface area contributed by atoms with E-state index in [9.17, 15) is 9.90 Å². The first kappa shape index (κ1) is 21.9. The predicted molar refractivity (Wildman–Crippen MR) is 118 cm³/mol. The minimum atomic E-state index is -1.60. The van der Waals surface area contributed by atoms with E-state index < -0.39 is 11.6 Å². The number of hydrogen-bond donors (Lipinski definition) is 2. The number of nitrogens with one attached hydrogen (secondary N) is 1. The van der Waals surface area contributed by atoms with E-state index in [1.54, 1.807) is 12.5 Å². The number of nitrogens with zero attached hydrogens (tertiary/aromatic N) is 2. The van der Waals surface area contributed by atoms with Crippen LogP contribution in [0.3, 0.4) is 0 Å². The van der Waals surface area contributed by atoms with E-state index in [2.05, 4.69) is 15.3 Å². The molecule has 2 N–H and O–H groups in total. The standard InChI is InChI=1S/C25H33N3O3/c29-24(25(30,22-10-4-5-11-22)21-8-2-1-3-9-21)31-17-20(23-12-14-27-18-28-23)15-19-7-6-13-26-16-19/h1-3,8-9,12,14,18-20,22,26,30H,4-7,10-11,13,15-17H2/t19-,20?,25?/m1/s1. The van der Waals surface area contributed by atoms with Crippen LogP contribution in [0.15, 0.2) is 48.9 Å². The molecule has 0 spiro atoms. The summed E-state index contributed by atoms with van der Waals surface area (Å²) in [6.07, 6.45) is 10.2. The molecule has 3 atom stereocenters. The smallest absolute Gasteiger partial charge is 0.343 e. The summed E-state index contributed by atoms with van der Waals surface area (Å²) in [7, 11) is 0. The van der Waals surface area contributed by atoms with Gasteiger partial charge in [-0.15, -0.1) is 0 Å². The third-order valence-electron chi connectivity index (χ3n) is 6.93. The maximum atomic E-state index is 13.4. The molecule has 0 bridgehead atoms. The molecule has 0 amide bonds. The molecule has 0 radical (unpaired) electrons. The first-order valence-electron chi connectivity index (χ1n) is 11.6. The first-order chi connectivity index (χ1) is 15.2. The fourth-order valence-corrected chi connectivity index (χ4v) is 5.19. The SMILES string of the molecule is O=C(OCC(C[C@H]1CCCNC1)c1ccncn1)C(O)(c1ccccc1)C1CCCC1. The minimum Gasteiger partial charge on any atom is -0.463 e. The van der Waals surface area contributed by atoms with Crippen LogP contribution in [0, 0.1) is 11.8 Å². The Morgan fingerprint density at radius 2 is 1.97 bits per heavy atom. The Hall–Kier alpha value is -2.31. The van der Waals surface area contributed by atoms with E-state index >= 15 is 0 Å². The van der Waals surface area contributed by atoms with Gasteiger partial charge in [0.05, 0.1) is 12.3 Å². The highest BCUT2D eigenvalue weighted by Gasteiger charge is 2.48. The molecule has 1 aromatic carbocycles. The molecule has 6 heteroatoms. The normalized spacial score (nSPS) is 22.5. The molecule has 2 aliphatic rings. The van der Waals surface area contributed by atoms with Gasteiger partial charge in [-0.25, -0.2) is 14.8 Å². The lowest BCUT2D eigenvalue weighted by atomic mass is 9.80. The average molecular weight is 424 g/mol. The molecule has 2 fully saturated rings. The summed E-state index contributed by atoms with van der Waals surface area (Å²) in [6, 6.07) is 11.2. The second-order valence-corrected chi connectivity index (χ2v) is 8.99. The zero-order chi connectivity index (χ0) is 21.5. The number of esters is 1. The number of aliphatic hydroxyl groups is 1. The number of carbonyl (C=O) groups is 1. The van der Waals surface area contributed by atoms with Crippen LogP contribution in [0.25, 0.3) is 0 Å². The Kier molecular flexibility index (Phi) is 7.30. The van der Waals surface area contributed by atoms with Crippen molar-refractivity contribution in [3.63, 3.8) is 0 Å². The molecule has 2 heterocycles. The summed E-state index contributed by atoms with van der Waals surface area (Å²) < 4.78 is 5.86. The Balaban J connectivity index is 1.51. The molecule has 1 aliphatic carbocycles. The van der Waals surface area contributed by atoms with Crippen LogP contribution >= 0.6 is 0 Å². The molecule has 1 saturated heterocycles. The second-order valence-electron chi connectivity index (χ2n) is 8.99. The van der Waals surface area contributed by atoms with Crippen LogP contribution in [0.2, 0.25) is 0 Å². The van der Waals surface area contributed by atoms with Crippen molar-refractivity contribution in [1.29, 1.82) is 0 Å². The van der Waals surface area contributed by atoms with Crippen molar-refractivity contribution in [2.24, 2.45) is 11.8 Å². The second kappa shape index (κ2) is 10.3. The summed E-state index contributed by atoms with van der Waals surface area (Å²) in [5, 5.41) is 15.1. The summed E-state index contributed by atoms with van der Waals surface area (Å²) in [5.74, 6) is -0.135. The van der Waals surface area contributed by atoms with Crippen LogP contribution in [0.4, 0.5) is 0 Å². The van der Waals surface area contributed by atoms with Crippen LogP contribution in [0.1, 0.15) is 62.1 Å². The van der Waals surface area contributed by atoms with Crippen molar-refractivity contribution >= 4 is 5.97 Å². The van der Waals surface area contributed by atoms with Gasteiger partial charge < -0.3 is 15.2 Å². The van der Waals surface area contributed by atoms with Gasteiger partial charge in [-0.2, -0.15) is 0 Å². The van der Waals surface area contributed by atoms with Gasteiger partial charge in [-0.3, -0.25) is 0 Å². The predicted octanol–water partition coefficient (Wildman–Crippen LogP) is 3.57. The Labute approximate surface area is 184 Å². The van der Waals surface area contributed by atoms with E-state index in [1.165, 1.54) is 6.42 Å². The van der Waals surface area contributed by atoms with Gasteiger partial charge >= 0.3 is 5.97 Å². The number of benzene rings is 1. The van der Waals surface area contributed by atoms with Crippen molar-refractivity contribution in [2.45, 2.75) is 56.5 Å². The number of hydrogen-bond acceptors (Lipinski definition) is 6. The number of carbonyl (C=O) groups excluding carboxylic acids is 1. The first-order valence-corrected chi connectivity index (χ1v) is 11.6. The number of ether oxygens (including phenoxy) is 1. The molecule has 2 aromatic rings. The van der Waals surface area contributed by atoms with E-state index in [1.807, 2.05) is 36.4 Å². The fraction of sp³-hybridized carbons (Fsp3) is 0.560. The van der Waals surface area contributed by atoms with Crippen molar-refractivity contribution in [3.8, 4) is 0 Å². The lowest BCUT2D eigenvalue weighted by molar-refractivity contribution is -0.174. The summed E-state index contributed by atoms with van der Waals surface area (Å²) in [5.41, 5.74) is -0.0835. The van der Waals surface area contributed by atoms with Gasteiger partial charge in [0.25, 0.3) is 0 Å². The number of piperidine rings is 1. The van der Waals surface area contributed by atoms with E-state index in [-0.39, 0.29) is 18.4 Å². The lowest BCUT2D eigenvalue weighted by Gasteiger charge is -2.33. The fourth-order valence-electron chi connectivity index (χ4n) is 5.19. The van der Waals surface area contributed by atoms with Crippen LogP contribution in [0.5, 0.6) is 0 Å². The maximum absolute atomic E-state index is 13.4. The molecule has 4 rings (SSSR count). The highest BCUT2D eigenvalue weighted by Crippen LogP contribution is 2.41. The Bertz CT molecular complexity index is 820. The van der Waals surface area contributed by atoms with Crippen molar-refractivity contribution in [2.75, 3.05) is 19.7 Å². The maximum Gasteiger partial charge on any atom is 0.343 e. The third-order valence-corrected chi connectivity index (χ3v) is 6.93. The monoisotopic (exact) mass is 423 g/mol. The molecule has 166 valence electrons. The molecule has 1 saturated carbocycles. The highest BCUT2D eigenvalue weighted by molar-refractivity contribution is 5.81. The van der Waals surface area contributed by atoms with Crippen LogP contribution in [-0.2, 0) is 15.1 Å². The topological polar surface area (TPSA) is 84.3 Å². The molecule has 1 aromatic heterocycles. The van der Waals surface area contributed by atoms with Gasteiger partial charge in [0, 0.05) is 18.0 Å². The largest absolute Gasteiger partial charge is 0.463 e. The van der Waals surface area contributed by atoms with Crippen molar-refractivity contribution in [1.82, 2.24) is 15.3 Å². The van der Waals surface area contributed by atoms with Gasteiger partial charge in [0.15, 0.2) is 5.60 Å². The van der Waals surface area contributed by atoms with Crippen LogP contribution < -0.4 is 5.32 Å². The van der Waals surface area contributed by atoms with Crippen molar-refractivity contribution < 1.29 is 14.6 Å². The van der Waals surface area contributed by atoms with E-state index in [4.69, 9.17) is 4.74 Å². The molecule has 31 heavy (non-hydrogen) atoms. The number of rotatable bonds is 8. The molecular formula is C25H33N3O3. The summed E-state index contributed by atoms with van der Waals surface area (Å²) in [6.45, 7) is 2.26. The third kappa shape index (κ3) is 5.13. The molecule has 2 unspecified atom stereocenters. The highest BCUT2D eigenvalue weighted by atomic mass is 16.5. The zero-order valence-electron chi connectivity index (χ0n) is 18.1. The Morgan fingerprint density at radius 1 is 1.16 bits per heavy atom. The summed E-state index contributed by atoms with van der Waals surface area (Å²) >= 11 is 0. The zero-order valence-corrected chi connectivity index (χ0v) is 18.1. The van der Waals surface area contributed by atoms with Gasteiger partial charge in [0.2, 0.25) is 0 Å². The molecule has 6 nitrogen and oxygen atoms in total. The van der Waals surface area contributed by atoms with Crippen LogP contribution in [-0.4, -0.2) is 40.7 Å². The number of aromatic nitrogens is 2. The summed E-state index contributed by atoms with van der Waals surface area (Å²) in [4.78, 5) is 21.8. The van der Waals surface area contributed by atoms with E-state index in [0.29, 0.717) is 11.5 Å². The quantitative estimate of drug-likeness (QED) is 0.632. The minimum absolute atomic E-state index is 0.0135. The van der Waals surface area contributed by atoms with Gasteiger partial charge in [-0.05, 0) is 62.7 Å².